The van der Waals surface area contributed by atoms with Crippen LogP contribution in [0, 0.1) is 41.4 Å². The van der Waals surface area contributed by atoms with Crippen LogP contribution in [0.25, 0.3) is 0 Å². The highest BCUT2D eigenvalue weighted by Gasteiger charge is 2.47. The van der Waals surface area contributed by atoms with Crippen molar-refractivity contribution in [2.45, 2.75) is 223 Å². The highest BCUT2D eigenvalue weighted by Crippen LogP contribution is 2.26. The molecule has 1 fully saturated rings. The largest absolute Gasteiger partial charge is 0.459 e. The van der Waals surface area contributed by atoms with Crippen LogP contribution in [0.15, 0.2) is 0 Å². The van der Waals surface area contributed by atoms with E-state index in [0.717, 1.165) is 16.7 Å². The molecule has 0 aromatic rings. The highest BCUT2D eigenvalue weighted by atomic mass is 16.5. The number of hydrogen-bond acceptors (Lipinski definition) is 14. The van der Waals surface area contributed by atoms with Crippen LogP contribution in [0.3, 0.4) is 0 Å². The van der Waals surface area contributed by atoms with E-state index < -0.39 is 162 Å². The average molecular weight is 1240 g/mol. The fraction of sp³-hybridized carbons (Fsp3) is 0.790. The van der Waals surface area contributed by atoms with E-state index in [-0.39, 0.29) is 67.9 Å². The maximum Gasteiger partial charge on any atom is 0.303 e. The number of likely N-dealkylation sites (N-methyl/N-ethyl adjacent to an activating group) is 7. The number of esters is 1. The van der Waals surface area contributed by atoms with Gasteiger partial charge in [0, 0.05) is 74.3 Å². The zero-order chi connectivity index (χ0) is 67.6. The van der Waals surface area contributed by atoms with Gasteiger partial charge in [0.2, 0.25) is 65.0 Å². The lowest BCUT2D eigenvalue weighted by atomic mass is 9.91. The standard InChI is InChI=1S/C62H109N11O14.4H2/c1-25-43-58(82)67(18)32-48(76)68(19)44(28-33(2)3)55(79)66-49(37(10)11)61(85)69(20)45(29-34(4)5)54(78)63-40(15)53(77)64-41(16)57(81)70(21)46(30-35(6)7)59(83)71(22)47(31-36(8)9)60(84)72(23)50(38(12)13)62(86)73(24)51(56(80)65-43)52(87-42(17)75)39(14)26-27-74;;;;/h27,33-41,43-47,49-52H,25-26,28-32H2,1-24H3,(H,63,78)(H,64,77)(H,65,80)(H,66,79);4*1H/t39-,40+,41-,43+,44+,45+,46+,47+,49+,50+,51?,52-;;;;/m1..../s1. The van der Waals surface area contributed by atoms with Gasteiger partial charge in [0.05, 0.1) is 6.54 Å². The van der Waals surface area contributed by atoms with Gasteiger partial charge in [-0.05, 0) is 81.5 Å². The highest BCUT2D eigenvalue weighted by molar-refractivity contribution is 5.99. The Morgan fingerprint density at radius 3 is 1.34 bits per heavy atom. The Morgan fingerprint density at radius 1 is 0.494 bits per heavy atom. The van der Waals surface area contributed by atoms with E-state index in [1.54, 1.807) is 41.5 Å². The van der Waals surface area contributed by atoms with E-state index >= 15 is 14.4 Å². The van der Waals surface area contributed by atoms with Crippen molar-refractivity contribution in [3.8, 4) is 0 Å². The first-order valence-electron chi connectivity index (χ1n) is 30.8. The van der Waals surface area contributed by atoms with Gasteiger partial charge in [-0.25, -0.2) is 0 Å². The van der Waals surface area contributed by atoms with Crippen LogP contribution in [-0.4, -0.2) is 234 Å². The maximum absolute atomic E-state index is 15.3. The molecule has 0 aromatic carbocycles. The smallest absolute Gasteiger partial charge is 0.303 e. The van der Waals surface area contributed by atoms with Crippen LogP contribution in [0.2, 0.25) is 0 Å². The molecular weight excluding hydrogens is 1120 g/mol. The Kier molecular flexibility index (Phi) is 31.8. The van der Waals surface area contributed by atoms with Crippen molar-refractivity contribution < 1.29 is 72.8 Å². The van der Waals surface area contributed by atoms with Gasteiger partial charge in [-0.1, -0.05) is 96.9 Å². The summed E-state index contributed by atoms with van der Waals surface area (Å²) in [5.74, 6) is -11.6. The molecule has 4 N–H and O–H groups in total. The van der Waals surface area contributed by atoms with Crippen molar-refractivity contribution >= 4 is 77.2 Å². The summed E-state index contributed by atoms with van der Waals surface area (Å²) in [5, 5.41) is 10.9. The second kappa shape index (κ2) is 35.3. The van der Waals surface area contributed by atoms with E-state index in [4.69, 9.17) is 4.74 Å². The van der Waals surface area contributed by atoms with E-state index in [1.165, 1.54) is 87.7 Å². The van der Waals surface area contributed by atoms with Crippen LogP contribution in [0.1, 0.15) is 162 Å². The number of hydrogen-bond donors (Lipinski definition) is 4. The Bertz CT molecular complexity index is 2440. The van der Waals surface area contributed by atoms with Gasteiger partial charge >= 0.3 is 5.97 Å². The average Bonchev–Trinajstić information content (AvgIpc) is 3.57. The molecule has 0 aromatic heterocycles. The molecule has 1 saturated heterocycles. The van der Waals surface area contributed by atoms with Crippen LogP contribution in [-0.2, 0) is 67.1 Å². The monoisotopic (exact) mass is 1240 g/mol. The molecule has 1 heterocycles. The fourth-order valence-electron chi connectivity index (χ4n) is 10.8. The second-order valence-corrected chi connectivity index (χ2v) is 26.3. The molecular formula is C62H117N11O14. The SMILES string of the molecule is CC[C@@H]1NC(=O)C([C@H](OC(C)=O)[C@H](C)CC=O)N(C)C(=O)[C@H](C(C)C)N(C)C(=O)[C@H](CC(C)C)N(C)C(=O)[C@H](CC(C)C)N(C)C(=O)[C@@H](C)NC(=O)[C@H](C)NC(=O)[C@H](CC(C)C)N(C)C(=O)[C@H](C(C)C)NC(=O)[C@H](CC(C)C)N(C)C(=O)CN(C)C1=O.[HH].[HH].[HH].[HH]. The first-order chi connectivity index (χ1) is 40.1. The van der Waals surface area contributed by atoms with Crippen molar-refractivity contribution in [3.05, 3.63) is 0 Å². The molecule has 0 spiro atoms. The number of ether oxygens (including phenoxy) is 1. The van der Waals surface area contributed by atoms with Crippen molar-refractivity contribution in [2.75, 3.05) is 55.9 Å². The minimum Gasteiger partial charge on any atom is -0.459 e. The van der Waals surface area contributed by atoms with Crippen LogP contribution in [0.4, 0.5) is 0 Å². The third-order valence-corrected chi connectivity index (χ3v) is 16.1. The Morgan fingerprint density at radius 2 is 0.908 bits per heavy atom. The summed E-state index contributed by atoms with van der Waals surface area (Å²) in [5.41, 5.74) is 0. The molecule has 1 unspecified atom stereocenters. The van der Waals surface area contributed by atoms with Gasteiger partial charge in [-0.2, -0.15) is 0 Å². The third kappa shape index (κ3) is 22.1. The Balaban J connectivity index is -0.00000946. The summed E-state index contributed by atoms with van der Waals surface area (Å²) in [6, 6.07) is -12.8. The summed E-state index contributed by atoms with van der Waals surface area (Å²) >= 11 is 0. The zero-order valence-electron chi connectivity index (χ0n) is 56.8. The maximum atomic E-state index is 15.3. The third-order valence-electron chi connectivity index (χ3n) is 16.1. The lowest BCUT2D eigenvalue weighted by Gasteiger charge is -2.42. The molecule has 12 atom stereocenters. The number of rotatable bonds is 16. The van der Waals surface area contributed by atoms with Crippen LogP contribution >= 0.6 is 0 Å². The molecule has 1 aliphatic heterocycles. The molecule has 0 radical (unpaired) electrons. The predicted octanol–water partition coefficient (Wildman–Crippen LogP) is 3.45. The Labute approximate surface area is 524 Å². The van der Waals surface area contributed by atoms with E-state index in [0.29, 0.717) is 6.29 Å². The molecule has 0 bridgehead atoms. The zero-order valence-corrected chi connectivity index (χ0v) is 56.8. The summed E-state index contributed by atoms with van der Waals surface area (Å²) in [4.78, 5) is 194. The summed E-state index contributed by atoms with van der Waals surface area (Å²) < 4.78 is 5.76. The number of carbonyl (C=O) groups excluding carboxylic acids is 13. The van der Waals surface area contributed by atoms with Gasteiger partial charge in [-0.15, -0.1) is 0 Å². The van der Waals surface area contributed by atoms with Gasteiger partial charge in [-0.3, -0.25) is 57.5 Å². The molecule has 11 amide bonds. The van der Waals surface area contributed by atoms with Crippen molar-refractivity contribution in [2.24, 2.45) is 41.4 Å². The molecule has 0 aliphatic carbocycles. The lowest BCUT2D eigenvalue weighted by molar-refractivity contribution is -0.164. The number of carbonyl (C=O) groups is 13. The topological polar surface area (TPSA) is 302 Å². The lowest BCUT2D eigenvalue weighted by Crippen LogP contribution is -2.64. The number of amides is 11. The minimum absolute atomic E-state index is 0. The summed E-state index contributed by atoms with van der Waals surface area (Å²) in [7, 11) is 9.66. The van der Waals surface area contributed by atoms with Gasteiger partial charge in [0.15, 0.2) is 0 Å². The molecule has 1 rings (SSSR count). The summed E-state index contributed by atoms with van der Waals surface area (Å²) in [6.07, 6.45) is -0.709. The summed E-state index contributed by atoms with van der Waals surface area (Å²) in [6.45, 7) is 28.0. The Hall–Kier alpha value is -6.69. The van der Waals surface area contributed by atoms with E-state index in [2.05, 4.69) is 21.3 Å². The first kappa shape index (κ1) is 78.3. The molecule has 25 nitrogen and oxygen atoms in total. The van der Waals surface area contributed by atoms with E-state index in [9.17, 15) is 47.9 Å². The fourth-order valence-corrected chi connectivity index (χ4v) is 10.8. The van der Waals surface area contributed by atoms with Crippen LogP contribution in [0.5, 0.6) is 0 Å². The number of nitrogens with one attached hydrogen (secondary N) is 4. The normalized spacial score (nSPS) is 26.3. The van der Waals surface area contributed by atoms with Crippen LogP contribution < -0.4 is 21.3 Å². The molecule has 87 heavy (non-hydrogen) atoms. The second-order valence-electron chi connectivity index (χ2n) is 26.3. The minimum atomic E-state index is -1.73. The van der Waals surface area contributed by atoms with Gasteiger partial charge in [0.1, 0.15) is 72.8 Å². The first-order valence-corrected chi connectivity index (χ1v) is 30.8. The van der Waals surface area contributed by atoms with Gasteiger partial charge < -0.3 is 65.1 Å². The molecule has 0 saturated carbocycles. The van der Waals surface area contributed by atoms with Crippen molar-refractivity contribution in [1.82, 2.24) is 55.6 Å². The van der Waals surface area contributed by atoms with Crippen molar-refractivity contribution in [1.29, 1.82) is 0 Å². The van der Waals surface area contributed by atoms with Gasteiger partial charge in [0.25, 0.3) is 0 Å². The van der Waals surface area contributed by atoms with E-state index in [1.807, 2.05) is 55.4 Å². The molecule has 25 heteroatoms. The molecule has 1 aliphatic rings. The predicted molar refractivity (Wildman–Crippen MR) is 338 cm³/mol. The van der Waals surface area contributed by atoms with Crippen molar-refractivity contribution in [3.63, 3.8) is 0 Å². The number of aldehydes is 1. The molecule has 504 valence electrons. The quantitative estimate of drug-likeness (QED) is 0.127. The number of nitrogens with zero attached hydrogens (tertiary/aromatic N) is 7.